The molecule has 1 aromatic carbocycles. The number of nitrogens with one attached hydrogen (secondary N) is 2. The van der Waals surface area contributed by atoms with Crippen LogP contribution in [-0.4, -0.2) is 43.0 Å². The van der Waals surface area contributed by atoms with Crippen molar-refractivity contribution in [1.82, 2.24) is 15.5 Å². The van der Waals surface area contributed by atoms with E-state index in [1.54, 1.807) is 12.1 Å². The molecule has 1 aromatic rings. The Bertz CT molecular complexity index is 555. The zero-order chi connectivity index (χ0) is 15.2. The van der Waals surface area contributed by atoms with Crippen LogP contribution >= 0.6 is 0 Å². The number of nitrogens with zero attached hydrogens (tertiary/aromatic N) is 2. The average molecular weight is 290 g/mol. The van der Waals surface area contributed by atoms with Gasteiger partial charge in [0.1, 0.15) is 11.9 Å². The number of hydrogen-bond donors (Lipinski definition) is 2. The van der Waals surface area contributed by atoms with Gasteiger partial charge < -0.3 is 10.6 Å². The molecular weight excluding hydrogens is 271 g/mol. The maximum atomic E-state index is 14.0. The number of hydrogen-bond acceptors (Lipinski definition) is 4. The molecule has 1 heterocycles. The van der Waals surface area contributed by atoms with Crippen LogP contribution in [0.5, 0.6) is 0 Å². The van der Waals surface area contributed by atoms with Crippen LogP contribution in [0, 0.1) is 17.1 Å². The first kappa shape index (κ1) is 15.4. The zero-order valence-electron chi connectivity index (χ0n) is 12.0. The topological polar surface area (TPSA) is 68.2 Å². The molecule has 0 saturated carbocycles. The summed E-state index contributed by atoms with van der Waals surface area (Å²) in [6.07, 6.45) is 0. The highest BCUT2D eigenvalue weighted by atomic mass is 19.1. The van der Waals surface area contributed by atoms with Crippen molar-refractivity contribution in [1.29, 1.82) is 5.26 Å². The van der Waals surface area contributed by atoms with Crippen LogP contribution in [-0.2, 0) is 11.3 Å². The monoisotopic (exact) mass is 290 g/mol. The number of carbonyl (C=O) groups excluding carboxylic acids is 1. The summed E-state index contributed by atoms with van der Waals surface area (Å²) in [5.74, 6) is -0.444. The van der Waals surface area contributed by atoms with Gasteiger partial charge in [-0.2, -0.15) is 5.26 Å². The van der Waals surface area contributed by atoms with Crippen LogP contribution in [0.1, 0.15) is 18.1 Å². The lowest BCUT2D eigenvalue weighted by molar-refractivity contribution is -0.127. The minimum Gasteiger partial charge on any atom is -0.355 e. The molecule has 1 atom stereocenters. The fourth-order valence-electron chi connectivity index (χ4n) is 2.45. The molecule has 1 saturated heterocycles. The van der Waals surface area contributed by atoms with Gasteiger partial charge in [-0.1, -0.05) is 6.07 Å². The van der Waals surface area contributed by atoms with Crippen LogP contribution in [0.4, 0.5) is 4.39 Å². The van der Waals surface area contributed by atoms with E-state index in [9.17, 15) is 9.18 Å². The molecule has 0 aliphatic carbocycles. The van der Waals surface area contributed by atoms with E-state index in [0.717, 1.165) is 6.54 Å². The highest BCUT2D eigenvalue weighted by Crippen LogP contribution is 2.15. The van der Waals surface area contributed by atoms with Crippen LogP contribution < -0.4 is 10.6 Å². The molecule has 1 aliphatic rings. The Morgan fingerprint density at radius 3 is 3.10 bits per heavy atom. The summed E-state index contributed by atoms with van der Waals surface area (Å²) >= 11 is 0. The van der Waals surface area contributed by atoms with Gasteiger partial charge in [0.2, 0.25) is 5.91 Å². The third-order valence-electron chi connectivity index (χ3n) is 3.56. The average Bonchev–Trinajstić information content (AvgIpc) is 2.50. The maximum absolute atomic E-state index is 14.0. The van der Waals surface area contributed by atoms with Crippen molar-refractivity contribution >= 4 is 5.91 Å². The molecule has 2 N–H and O–H groups in total. The third-order valence-corrected chi connectivity index (χ3v) is 3.56. The minimum absolute atomic E-state index is 0.0428. The summed E-state index contributed by atoms with van der Waals surface area (Å²) in [5.41, 5.74) is 0.807. The van der Waals surface area contributed by atoms with E-state index < -0.39 is 5.82 Å². The SMILES string of the molecule is CCNC(=O)C1CNCCN1Cc1ccc(C#N)cc1F. The first-order valence-corrected chi connectivity index (χ1v) is 7.06. The van der Waals surface area contributed by atoms with Crippen LogP contribution in [0.2, 0.25) is 0 Å². The van der Waals surface area contributed by atoms with Crippen molar-refractivity contribution in [2.45, 2.75) is 19.5 Å². The molecule has 112 valence electrons. The Morgan fingerprint density at radius 2 is 2.43 bits per heavy atom. The van der Waals surface area contributed by atoms with Crippen LogP contribution in [0.15, 0.2) is 18.2 Å². The molecular formula is C15H19FN4O. The van der Waals surface area contributed by atoms with Gasteiger partial charge >= 0.3 is 0 Å². The number of halogens is 1. The predicted molar refractivity (Wildman–Crippen MR) is 76.9 cm³/mol. The number of likely N-dealkylation sites (N-methyl/N-ethyl adjacent to an activating group) is 1. The number of piperazine rings is 1. The van der Waals surface area contributed by atoms with Crippen LogP contribution in [0.3, 0.4) is 0 Å². The van der Waals surface area contributed by atoms with Gasteiger partial charge in [0.15, 0.2) is 0 Å². The number of rotatable bonds is 4. The Labute approximate surface area is 123 Å². The first-order valence-electron chi connectivity index (χ1n) is 7.06. The predicted octanol–water partition coefficient (Wildman–Crippen LogP) is 0.607. The van der Waals surface area contributed by atoms with E-state index in [2.05, 4.69) is 10.6 Å². The second-order valence-corrected chi connectivity index (χ2v) is 5.00. The van der Waals surface area contributed by atoms with E-state index in [4.69, 9.17) is 5.26 Å². The van der Waals surface area contributed by atoms with Gasteiger partial charge in [0.05, 0.1) is 11.6 Å². The van der Waals surface area contributed by atoms with Gasteiger partial charge in [0, 0.05) is 38.3 Å². The number of amides is 1. The Balaban J connectivity index is 2.12. The molecule has 1 unspecified atom stereocenters. The number of benzene rings is 1. The van der Waals surface area contributed by atoms with Crippen molar-refractivity contribution in [3.63, 3.8) is 0 Å². The molecule has 0 bridgehead atoms. The molecule has 6 heteroatoms. The second kappa shape index (κ2) is 7.16. The van der Waals surface area contributed by atoms with Crippen LogP contribution in [0.25, 0.3) is 0 Å². The van der Waals surface area contributed by atoms with E-state index in [0.29, 0.717) is 37.3 Å². The van der Waals surface area contributed by atoms with Gasteiger partial charge in [-0.05, 0) is 19.1 Å². The normalized spacial score (nSPS) is 19.0. The van der Waals surface area contributed by atoms with Crippen molar-refractivity contribution in [3.05, 3.63) is 35.1 Å². The summed E-state index contributed by atoms with van der Waals surface area (Å²) in [5, 5.41) is 14.7. The lowest BCUT2D eigenvalue weighted by Crippen LogP contribution is -2.57. The van der Waals surface area contributed by atoms with Gasteiger partial charge in [-0.15, -0.1) is 0 Å². The summed E-state index contributed by atoms with van der Waals surface area (Å²) in [6.45, 7) is 4.83. The number of carbonyl (C=O) groups is 1. The lowest BCUT2D eigenvalue weighted by Gasteiger charge is -2.35. The van der Waals surface area contributed by atoms with Crippen molar-refractivity contribution in [2.24, 2.45) is 0 Å². The molecule has 21 heavy (non-hydrogen) atoms. The van der Waals surface area contributed by atoms with Crippen molar-refractivity contribution < 1.29 is 9.18 Å². The van der Waals surface area contributed by atoms with Gasteiger partial charge in [-0.3, -0.25) is 9.69 Å². The van der Waals surface area contributed by atoms with Gasteiger partial charge in [-0.25, -0.2) is 4.39 Å². The van der Waals surface area contributed by atoms with Crippen molar-refractivity contribution in [2.75, 3.05) is 26.2 Å². The highest BCUT2D eigenvalue weighted by Gasteiger charge is 2.28. The van der Waals surface area contributed by atoms with E-state index in [1.165, 1.54) is 6.07 Å². The molecule has 1 amide bonds. The number of nitriles is 1. The van der Waals surface area contributed by atoms with E-state index in [1.807, 2.05) is 17.9 Å². The second-order valence-electron chi connectivity index (χ2n) is 5.00. The standard InChI is InChI=1S/C15H19FN4O/c1-2-19-15(21)14-9-18-5-6-20(14)10-12-4-3-11(8-17)7-13(12)16/h3-4,7,14,18H,2,5-6,9-10H2,1H3,(H,19,21). The Kier molecular flexibility index (Phi) is 5.26. The quantitative estimate of drug-likeness (QED) is 0.852. The summed E-state index contributed by atoms with van der Waals surface area (Å²) < 4.78 is 14.0. The molecule has 2 rings (SSSR count). The Hall–Kier alpha value is -1.97. The molecule has 0 spiro atoms. The third kappa shape index (κ3) is 3.78. The van der Waals surface area contributed by atoms with E-state index >= 15 is 0 Å². The smallest absolute Gasteiger partial charge is 0.238 e. The largest absolute Gasteiger partial charge is 0.355 e. The minimum atomic E-state index is -0.401. The zero-order valence-corrected chi connectivity index (χ0v) is 12.0. The van der Waals surface area contributed by atoms with Crippen molar-refractivity contribution in [3.8, 4) is 6.07 Å². The molecule has 1 fully saturated rings. The highest BCUT2D eigenvalue weighted by molar-refractivity contribution is 5.82. The Morgan fingerprint density at radius 1 is 1.62 bits per heavy atom. The fraction of sp³-hybridized carbons (Fsp3) is 0.467. The molecule has 5 nitrogen and oxygen atoms in total. The maximum Gasteiger partial charge on any atom is 0.238 e. The summed E-state index contributed by atoms with van der Waals surface area (Å²) in [6, 6.07) is 6.07. The summed E-state index contributed by atoms with van der Waals surface area (Å²) in [4.78, 5) is 14.0. The van der Waals surface area contributed by atoms with Gasteiger partial charge in [0.25, 0.3) is 0 Å². The molecule has 0 aromatic heterocycles. The fourth-order valence-corrected chi connectivity index (χ4v) is 2.45. The molecule has 0 radical (unpaired) electrons. The van der Waals surface area contributed by atoms with E-state index in [-0.39, 0.29) is 11.9 Å². The summed E-state index contributed by atoms with van der Waals surface area (Å²) in [7, 11) is 0. The molecule has 1 aliphatic heterocycles. The lowest BCUT2D eigenvalue weighted by atomic mass is 10.1. The first-order chi connectivity index (χ1) is 10.2.